The van der Waals surface area contributed by atoms with Gasteiger partial charge in [0, 0.05) is 30.8 Å². The molecule has 2 aromatic heterocycles. The Morgan fingerprint density at radius 1 is 1.12 bits per heavy atom. The van der Waals surface area contributed by atoms with Crippen LogP contribution >= 0.6 is 27.3 Å². The van der Waals surface area contributed by atoms with Crippen LogP contribution < -0.4 is 19.8 Å². The first-order valence-electron chi connectivity index (χ1n) is 14.8. The fourth-order valence-electron chi connectivity index (χ4n) is 5.71. The SMILES string of the molecule is CCOC(=O)C1=C(c2ccccc2)N=c2s/c(=C/c3cc(Br)c(N4CCCCC4)o3)c(=O)n2[C@H]1c1ccc(C(C)C)cc1. The van der Waals surface area contributed by atoms with E-state index in [1.807, 2.05) is 48.5 Å². The molecule has 2 aliphatic heterocycles. The number of aromatic nitrogens is 1. The van der Waals surface area contributed by atoms with Gasteiger partial charge >= 0.3 is 5.97 Å². The van der Waals surface area contributed by atoms with Gasteiger partial charge in [-0.15, -0.1) is 0 Å². The highest BCUT2D eigenvalue weighted by atomic mass is 79.9. The summed E-state index contributed by atoms with van der Waals surface area (Å²) in [5.41, 5.74) is 3.40. The normalized spacial score (nSPS) is 17.3. The van der Waals surface area contributed by atoms with Crippen molar-refractivity contribution in [3.05, 3.63) is 113 Å². The smallest absolute Gasteiger partial charge is 0.338 e. The zero-order valence-corrected chi connectivity index (χ0v) is 26.9. The molecule has 0 aliphatic carbocycles. The Labute approximate surface area is 263 Å². The fourth-order valence-corrected chi connectivity index (χ4v) is 7.25. The number of hydrogen-bond donors (Lipinski definition) is 0. The van der Waals surface area contributed by atoms with Gasteiger partial charge in [0.05, 0.1) is 32.9 Å². The molecule has 1 fully saturated rings. The van der Waals surface area contributed by atoms with Gasteiger partial charge in [0.2, 0.25) is 5.88 Å². The predicted octanol–water partition coefficient (Wildman–Crippen LogP) is 6.40. The van der Waals surface area contributed by atoms with Crippen molar-refractivity contribution in [2.24, 2.45) is 4.99 Å². The number of furan rings is 1. The number of carbonyl (C=O) groups is 1. The van der Waals surface area contributed by atoms with E-state index >= 15 is 0 Å². The van der Waals surface area contributed by atoms with E-state index in [1.54, 1.807) is 17.6 Å². The van der Waals surface area contributed by atoms with Crippen molar-refractivity contribution in [1.82, 2.24) is 4.57 Å². The van der Waals surface area contributed by atoms with E-state index in [1.165, 1.54) is 23.3 Å². The van der Waals surface area contributed by atoms with Crippen molar-refractivity contribution in [3.8, 4) is 0 Å². The minimum Gasteiger partial charge on any atom is -0.463 e. The molecule has 43 heavy (non-hydrogen) atoms. The maximum atomic E-state index is 14.2. The molecule has 9 heteroatoms. The molecule has 4 heterocycles. The third kappa shape index (κ3) is 5.80. The number of rotatable bonds is 7. The van der Waals surface area contributed by atoms with Crippen LogP contribution in [0.5, 0.6) is 0 Å². The predicted molar refractivity (Wildman–Crippen MR) is 174 cm³/mol. The lowest BCUT2D eigenvalue weighted by Crippen LogP contribution is -2.40. The van der Waals surface area contributed by atoms with Gasteiger partial charge < -0.3 is 14.1 Å². The fraction of sp³-hybridized carbons (Fsp3) is 0.324. The summed E-state index contributed by atoms with van der Waals surface area (Å²) in [5.74, 6) is 1.23. The van der Waals surface area contributed by atoms with Crippen molar-refractivity contribution < 1.29 is 13.9 Å². The Morgan fingerprint density at radius 3 is 2.51 bits per heavy atom. The molecule has 2 aromatic carbocycles. The average Bonchev–Trinajstić information content (AvgIpc) is 3.55. The number of benzene rings is 2. The lowest BCUT2D eigenvalue weighted by Gasteiger charge is -2.26. The zero-order chi connectivity index (χ0) is 30.1. The third-order valence-corrected chi connectivity index (χ3v) is 9.45. The van der Waals surface area contributed by atoms with Crippen LogP contribution in [0.4, 0.5) is 5.88 Å². The van der Waals surface area contributed by atoms with E-state index in [0.29, 0.717) is 32.3 Å². The lowest BCUT2D eigenvalue weighted by atomic mass is 9.91. The van der Waals surface area contributed by atoms with Gasteiger partial charge in [-0.05, 0) is 59.2 Å². The number of piperidine rings is 1. The van der Waals surface area contributed by atoms with Crippen LogP contribution in [-0.4, -0.2) is 30.2 Å². The first-order valence-corrected chi connectivity index (χ1v) is 16.4. The van der Waals surface area contributed by atoms with Crippen molar-refractivity contribution in [3.63, 3.8) is 0 Å². The van der Waals surface area contributed by atoms with Crippen LogP contribution in [0.15, 0.2) is 84.9 Å². The minimum absolute atomic E-state index is 0.209. The number of thiazole rings is 1. The average molecular weight is 661 g/mol. The van der Waals surface area contributed by atoms with Crippen molar-refractivity contribution >= 4 is 50.9 Å². The van der Waals surface area contributed by atoms with Crippen molar-refractivity contribution in [2.75, 3.05) is 24.6 Å². The van der Waals surface area contributed by atoms with Gasteiger partial charge in [-0.1, -0.05) is 79.8 Å². The molecule has 2 aliphatic rings. The molecule has 0 amide bonds. The van der Waals surface area contributed by atoms with Gasteiger partial charge in [-0.2, -0.15) is 0 Å². The number of esters is 1. The van der Waals surface area contributed by atoms with Gasteiger partial charge in [-0.3, -0.25) is 9.36 Å². The highest BCUT2D eigenvalue weighted by molar-refractivity contribution is 9.10. The number of hydrogen-bond acceptors (Lipinski definition) is 7. The summed E-state index contributed by atoms with van der Waals surface area (Å²) in [7, 11) is 0. The number of anilines is 1. The van der Waals surface area contributed by atoms with Gasteiger partial charge in [-0.25, -0.2) is 9.79 Å². The summed E-state index contributed by atoms with van der Waals surface area (Å²) < 4.78 is 14.8. The van der Waals surface area contributed by atoms with E-state index in [-0.39, 0.29) is 12.2 Å². The Morgan fingerprint density at radius 2 is 1.84 bits per heavy atom. The molecule has 6 rings (SSSR count). The summed E-state index contributed by atoms with van der Waals surface area (Å²) in [5, 5.41) is 0. The summed E-state index contributed by atoms with van der Waals surface area (Å²) in [6, 6.07) is 18.9. The number of carbonyl (C=O) groups excluding carboxylic acids is 1. The van der Waals surface area contributed by atoms with Crippen LogP contribution in [0.2, 0.25) is 0 Å². The number of ether oxygens (including phenoxy) is 1. The summed E-state index contributed by atoms with van der Waals surface area (Å²) in [6.45, 7) is 8.16. The molecule has 0 bridgehead atoms. The van der Waals surface area contributed by atoms with E-state index in [4.69, 9.17) is 14.1 Å². The highest BCUT2D eigenvalue weighted by Crippen LogP contribution is 2.36. The van der Waals surface area contributed by atoms with Gasteiger partial charge in [0.25, 0.3) is 5.56 Å². The van der Waals surface area contributed by atoms with Crippen LogP contribution in [0.3, 0.4) is 0 Å². The second-order valence-corrected chi connectivity index (χ2v) is 13.0. The highest BCUT2D eigenvalue weighted by Gasteiger charge is 2.35. The molecular formula is C34H34BrN3O4S. The Hall–Kier alpha value is -3.69. The molecule has 1 saturated heterocycles. The Kier molecular flexibility index (Phi) is 8.54. The van der Waals surface area contributed by atoms with Crippen LogP contribution in [-0.2, 0) is 9.53 Å². The van der Waals surface area contributed by atoms with E-state index in [2.05, 4.69) is 46.8 Å². The maximum Gasteiger partial charge on any atom is 0.338 e. The summed E-state index contributed by atoms with van der Waals surface area (Å²) in [4.78, 5) is 35.5. The Bertz CT molecular complexity index is 1850. The molecular weight excluding hydrogens is 626 g/mol. The van der Waals surface area contributed by atoms with E-state index in [9.17, 15) is 9.59 Å². The molecule has 0 radical (unpaired) electrons. The molecule has 0 unspecified atom stereocenters. The second kappa shape index (κ2) is 12.5. The topological polar surface area (TPSA) is 77.0 Å². The molecule has 0 spiro atoms. The van der Waals surface area contributed by atoms with Crippen LogP contribution in [0, 0.1) is 0 Å². The van der Waals surface area contributed by atoms with Gasteiger partial charge in [0.1, 0.15) is 5.76 Å². The molecule has 0 saturated carbocycles. The lowest BCUT2D eigenvalue weighted by molar-refractivity contribution is -0.138. The number of halogens is 1. The first-order chi connectivity index (χ1) is 20.9. The first kappa shape index (κ1) is 29.4. The number of nitrogens with zero attached hydrogens (tertiary/aromatic N) is 3. The minimum atomic E-state index is -0.707. The second-order valence-electron chi connectivity index (χ2n) is 11.1. The van der Waals surface area contributed by atoms with E-state index < -0.39 is 12.0 Å². The molecule has 4 aromatic rings. The van der Waals surface area contributed by atoms with Crippen molar-refractivity contribution in [1.29, 1.82) is 0 Å². The molecule has 0 N–H and O–H groups in total. The van der Waals surface area contributed by atoms with Crippen LogP contribution in [0.25, 0.3) is 11.8 Å². The Balaban J connectivity index is 1.55. The zero-order valence-electron chi connectivity index (χ0n) is 24.5. The van der Waals surface area contributed by atoms with Crippen molar-refractivity contribution in [2.45, 2.75) is 52.0 Å². The summed E-state index contributed by atoms with van der Waals surface area (Å²) in [6.07, 6.45) is 5.26. The monoisotopic (exact) mass is 659 g/mol. The van der Waals surface area contributed by atoms with Crippen LogP contribution in [0.1, 0.15) is 74.4 Å². The summed E-state index contributed by atoms with van der Waals surface area (Å²) >= 11 is 4.95. The van der Waals surface area contributed by atoms with Gasteiger partial charge in [0.15, 0.2) is 4.80 Å². The third-order valence-electron chi connectivity index (χ3n) is 7.90. The van der Waals surface area contributed by atoms with E-state index in [0.717, 1.165) is 47.4 Å². The maximum absolute atomic E-state index is 14.2. The number of fused-ring (bicyclic) bond motifs is 1. The standard InChI is InChI=1S/C34H34BrN3O4S/c1-4-41-33(40)28-29(23-11-7-5-8-12-23)36-34-38(30(28)24-15-13-22(14-16-24)21(2)3)31(39)27(43-34)20-25-19-26(35)32(42-25)37-17-9-6-10-18-37/h5,7-8,11-16,19-21,30H,4,6,9-10,17-18H2,1-3H3/b27-20+/t30-/m0/s1. The largest absolute Gasteiger partial charge is 0.463 e. The molecule has 222 valence electrons. The molecule has 1 atom stereocenters. The quantitative estimate of drug-likeness (QED) is 0.215. The molecule has 7 nitrogen and oxygen atoms in total.